The lowest BCUT2D eigenvalue weighted by Gasteiger charge is -2.09. The zero-order valence-electron chi connectivity index (χ0n) is 10.6. The monoisotopic (exact) mass is 268 g/mol. The van der Waals surface area contributed by atoms with Gasteiger partial charge in [-0.2, -0.15) is 0 Å². The first-order chi connectivity index (χ1) is 9.22. The molecule has 0 amide bonds. The summed E-state index contributed by atoms with van der Waals surface area (Å²) in [5, 5.41) is 3.11. The number of fused-ring (bicyclic) bond motifs is 1. The molecule has 0 radical (unpaired) electrons. The topological polar surface area (TPSA) is 9.23 Å². The number of rotatable bonds is 2. The van der Waals surface area contributed by atoms with E-state index in [2.05, 4.69) is 18.2 Å². The molecular weight excluding hydrogens is 256 g/mol. The fourth-order valence-electron chi connectivity index (χ4n) is 2.09. The van der Waals surface area contributed by atoms with E-state index in [9.17, 15) is 0 Å². The Morgan fingerprint density at radius 3 is 2.42 bits per heavy atom. The van der Waals surface area contributed by atoms with E-state index >= 15 is 0 Å². The molecule has 0 aliphatic heterocycles. The lowest BCUT2D eigenvalue weighted by Crippen LogP contribution is -1.87. The fraction of sp³-hybridized carbons (Fsp3) is 0.0588. The van der Waals surface area contributed by atoms with Crippen LogP contribution in [0.15, 0.2) is 60.7 Å². The van der Waals surface area contributed by atoms with E-state index < -0.39 is 0 Å². The van der Waals surface area contributed by atoms with E-state index in [4.69, 9.17) is 16.3 Å². The van der Waals surface area contributed by atoms with Gasteiger partial charge in [0, 0.05) is 5.02 Å². The SMILES string of the molecule is Cc1cc(Cl)ccc1Oc1ccc2ccccc2c1. The maximum absolute atomic E-state index is 5.94. The summed E-state index contributed by atoms with van der Waals surface area (Å²) >= 11 is 5.94. The van der Waals surface area contributed by atoms with E-state index in [1.807, 2.05) is 49.4 Å². The van der Waals surface area contributed by atoms with E-state index in [1.54, 1.807) is 0 Å². The van der Waals surface area contributed by atoms with Gasteiger partial charge in [0.05, 0.1) is 0 Å². The first-order valence-electron chi connectivity index (χ1n) is 6.15. The second kappa shape index (κ2) is 4.94. The molecule has 0 bridgehead atoms. The van der Waals surface area contributed by atoms with Crippen molar-refractivity contribution in [2.45, 2.75) is 6.92 Å². The molecule has 0 aliphatic carbocycles. The molecule has 0 fully saturated rings. The summed E-state index contributed by atoms with van der Waals surface area (Å²) in [5.74, 6) is 1.67. The Bertz CT molecular complexity index is 734. The Kier molecular flexibility index (Phi) is 3.14. The Balaban J connectivity index is 1.96. The van der Waals surface area contributed by atoms with Crippen LogP contribution < -0.4 is 4.74 Å². The van der Waals surface area contributed by atoms with Gasteiger partial charge < -0.3 is 4.74 Å². The van der Waals surface area contributed by atoms with Crippen molar-refractivity contribution in [3.05, 3.63) is 71.2 Å². The molecule has 0 N–H and O–H groups in total. The van der Waals surface area contributed by atoms with Gasteiger partial charge in [0.1, 0.15) is 11.5 Å². The number of hydrogen-bond acceptors (Lipinski definition) is 1. The molecule has 1 nitrogen and oxygen atoms in total. The van der Waals surface area contributed by atoms with Crippen molar-refractivity contribution in [2.75, 3.05) is 0 Å². The minimum absolute atomic E-state index is 0.725. The number of halogens is 1. The van der Waals surface area contributed by atoms with E-state index in [1.165, 1.54) is 10.8 Å². The maximum atomic E-state index is 5.94. The average Bonchev–Trinajstić information content (AvgIpc) is 2.42. The zero-order chi connectivity index (χ0) is 13.2. The minimum atomic E-state index is 0.725. The molecular formula is C17H13ClO. The summed E-state index contributed by atoms with van der Waals surface area (Å²) in [6.45, 7) is 1.99. The molecule has 0 spiro atoms. The van der Waals surface area contributed by atoms with Crippen LogP contribution in [-0.2, 0) is 0 Å². The molecule has 0 saturated carbocycles. The van der Waals surface area contributed by atoms with Crippen molar-refractivity contribution in [2.24, 2.45) is 0 Å². The van der Waals surface area contributed by atoms with Crippen LogP contribution in [-0.4, -0.2) is 0 Å². The van der Waals surface area contributed by atoms with Crippen molar-refractivity contribution in [3.63, 3.8) is 0 Å². The van der Waals surface area contributed by atoms with Gasteiger partial charge in [-0.05, 0) is 53.6 Å². The van der Waals surface area contributed by atoms with Crippen molar-refractivity contribution >= 4 is 22.4 Å². The molecule has 0 heterocycles. The van der Waals surface area contributed by atoms with Gasteiger partial charge in [-0.25, -0.2) is 0 Å². The number of hydrogen-bond donors (Lipinski definition) is 0. The van der Waals surface area contributed by atoms with Gasteiger partial charge >= 0.3 is 0 Å². The highest BCUT2D eigenvalue weighted by Crippen LogP contribution is 2.29. The van der Waals surface area contributed by atoms with Crippen molar-refractivity contribution in [1.82, 2.24) is 0 Å². The molecule has 0 saturated heterocycles. The predicted octanol–water partition coefficient (Wildman–Crippen LogP) is 5.59. The van der Waals surface area contributed by atoms with Gasteiger partial charge in [0.2, 0.25) is 0 Å². The van der Waals surface area contributed by atoms with Gasteiger partial charge in [-0.3, -0.25) is 0 Å². The molecule has 0 aromatic heterocycles. The fourth-order valence-corrected chi connectivity index (χ4v) is 2.31. The van der Waals surface area contributed by atoms with Crippen molar-refractivity contribution in [3.8, 4) is 11.5 Å². The molecule has 3 aromatic carbocycles. The van der Waals surface area contributed by atoms with E-state index in [0.29, 0.717) is 0 Å². The van der Waals surface area contributed by atoms with E-state index in [-0.39, 0.29) is 0 Å². The number of aryl methyl sites for hydroxylation is 1. The van der Waals surface area contributed by atoms with E-state index in [0.717, 1.165) is 22.1 Å². The quantitative estimate of drug-likeness (QED) is 0.588. The first kappa shape index (κ1) is 12.1. The van der Waals surface area contributed by atoms with Crippen LogP contribution in [0.2, 0.25) is 5.02 Å². The van der Waals surface area contributed by atoms with Crippen LogP contribution in [0.4, 0.5) is 0 Å². The zero-order valence-corrected chi connectivity index (χ0v) is 11.3. The Labute approximate surface area is 117 Å². The summed E-state index contributed by atoms with van der Waals surface area (Å²) in [7, 11) is 0. The van der Waals surface area contributed by atoms with Crippen molar-refractivity contribution < 1.29 is 4.74 Å². The summed E-state index contributed by atoms with van der Waals surface area (Å²) in [4.78, 5) is 0. The highest BCUT2D eigenvalue weighted by Gasteiger charge is 2.03. The molecule has 0 atom stereocenters. The van der Waals surface area contributed by atoms with Gasteiger partial charge in [-0.1, -0.05) is 41.9 Å². The third kappa shape index (κ3) is 2.56. The Hall–Kier alpha value is -1.99. The Morgan fingerprint density at radius 2 is 1.63 bits per heavy atom. The molecule has 3 aromatic rings. The predicted molar refractivity (Wildman–Crippen MR) is 80.2 cm³/mol. The standard InChI is InChI=1S/C17H13ClO/c1-12-10-15(18)7-9-17(12)19-16-8-6-13-4-2-3-5-14(13)11-16/h2-11H,1H3. The summed E-state index contributed by atoms with van der Waals surface area (Å²) < 4.78 is 5.91. The molecule has 94 valence electrons. The van der Waals surface area contributed by atoms with Crippen LogP contribution in [0, 0.1) is 6.92 Å². The van der Waals surface area contributed by atoms with Gasteiger partial charge in [0.25, 0.3) is 0 Å². The van der Waals surface area contributed by atoms with Crippen LogP contribution in [0.1, 0.15) is 5.56 Å². The molecule has 3 rings (SSSR count). The highest BCUT2D eigenvalue weighted by atomic mass is 35.5. The largest absolute Gasteiger partial charge is 0.457 e. The van der Waals surface area contributed by atoms with Crippen LogP contribution >= 0.6 is 11.6 Å². The maximum Gasteiger partial charge on any atom is 0.130 e. The summed E-state index contributed by atoms with van der Waals surface area (Å²) in [5.41, 5.74) is 1.03. The number of benzene rings is 3. The second-order valence-corrected chi connectivity index (χ2v) is 4.96. The third-order valence-electron chi connectivity index (χ3n) is 3.09. The summed E-state index contributed by atoms with van der Waals surface area (Å²) in [6.07, 6.45) is 0. The third-order valence-corrected chi connectivity index (χ3v) is 3.32. The molecule has 19 heavy (non-hydrogen) atoms. The Morgan fingerprint density at radius 1 is 0.842 bits per heavy atom. The molecule has 0 aliphatic rings. The van der Waals surface area contributed by atoms with Crippen LogP contribution in [0.3, 0.4) is 0 Å². The lowest BCUT2D eigenvalue weighted by atomic mass is 10.1. The average molecular weight is 269 g/mol. The highest BCUT2D eigenvalue weighted by molar-refractivity contribution is 6.30. The van der Waals surface area contributed by atoms with Crippen LogP contribution in [0.5, 0.6) is 11.5 Å². The smallest absolute Gasteiger partial charge is 0.130 e. The molecule has 0 unspecified atom stereocenters. The minimum Gasteiger partial charge on any atom is -0.457 e. The normalized spacial score (nSPS) is 10.6. The van der Waals surface area contributed by atoms with Gasteiger partial charge in [0.15, 0.2) is 0 Å². The van der Waals surface area contributed by atoms with Crippen molar-refractivity contribution in [1.29, 1.82) is 0 Å². The summed E-state index contributed by atoms with van der Waals surface area (Å²) in [6, 6.07) is 20.0. The lowest BCUT2D eigenvalue weighted by molar-refractivity contribution is 0.479. The van der Waals surface area contributed by atoms with Crippen LogP contribution in [0.25, 0.3) is 10.8 Å². The van der Waals surface area contributed by atoms with Gasteiger partial charge in [-0.15, -0.1) is 0 Å². The molecule has 2 heteroatoms. The first-order valence-corrected chi connectivity index (χ1v) is 6.53. The number of ether oxygens (including phenoxy) is 1. The second-order valence-electron chi connectivity index (χ2n) is 4.52.